The van der Waals surface area contributed by atoms with Gasteiger partial charge in [-0.25, -0.2) is 0 Å². The lowest BCUT2D eigenvalue weighted by Gasteiger charge is -2.48. The number of hydrogen-bond donors (Lipinski definition) is 12. The summed E-state index contributed by atoms with van der Waals surface area (Å²) in [6, 6.07) is -0.886. The number of nitrogens with one attached hydrogen (secondary N) is 1. The zero-order chi connectivity index (χ0) is 71.1. The molecule has 98 heavy (non-hydrogen) atoms. The van der Waals surface area contributed by atoms with E-state index < -0.39 is 124 Å². The second kappa shape index (κ2) is 60.3. The van der Waals surface area contributed by atoms with Crippen molar-refractivity contribution in [3.63, 3.8) is 0 Å². The lowest BCUT2D eigenvalue weighted by atomic mass is 9.96. The number of carbonyl (C=O) groups excluding carboxylic acids is 1. The van der Waals surface area contributed by atoms with Crippen LogP contribution in [0.2, 0.25) is 0 Å². The van der Waals surface area contributed by atoms with Gasteiger partial charge in [-0.3, -0.25) is 4.79 Å². The zero-order valence-electron chi connectivity index (χ0n) is 61.5. The first-order valence-corrected chi connectivity index (χ1v) is 40.2. The molecule has 0 aromatic carbocycles. The third kappa shape index (κ3) is 40.3. The third-order valence-electron chi connectivity index (χ3n) is 20.2. The summed E-state index contributed by atoms with van der Waals surface area (Å²) in [6.45, 7) is 1.83. The fraction of sp³-hybridized carbons (Fsp3) is 0.911. The minimum absolute atomic E-state index is 0.237. The van der Waals surface area contributed by atoms with Crippen LogP contribution in [-0.2, 0) is 33.2 Å². The van der Waals surface area contributed by atoms with Crippen LogP contribution < -0.4 is 5.32 Å². The average molecular weight is 1400 g/mol. The van der Waals surface area contributed by atoms with Crippen LogP contribution in [0.1, 0.15) is 328 Å². The molecule has 0 aromatic rings. The number of rotatable bonds is 64. The number of ether oxygens (including phenoxy) is 6. The van der Waals surface area contributed by atoms with E-state index in [1.54, 1.807) is 0 Å². The van der Waals surface area contributed by atoms with Gasteiger partial charge in [-0.15, -0.1) is 0 Å². The van der Waals surface area contributed by atoms with Gasteiger partial charge in [0.25, 0.3) is 0 Å². The Balaban J connectivity index is 1.33. The van der Waals surface area contributed by atoms with Gasteiger partial charge < -0.3 is 89.9 Å². The van der Waals surface area contributed by atoms with Crippen molar-refractivity contribution >= 4 is 5.91 Å². The van der Waals surface area contributed by atoms with Crippen LogP contribution in [0.3, 0.4) is 0 Å². The molecule has 1 amide bonds. The maximum absolute atomic E-state index is 13.5. The van der Waals surface area contributed by atoms with E-state index >= 15 is 0 Å². The number of carbonyl (C=O) groups is 1. The summed E-state index contributed by atoms with van der Waals surface area (Å²) in [7, 11) is 0. The van der Waals surface area contributed by atoms with Crippen molar-refractivity contribution in [3.05, 3.63) is 36.5 Å². The molecule has 3 rings (SSSR count). The molecule has 0 spiro atoms. The van der Waals surface area contributed by atoms with E-state index in [4.69, 9.17) is 28.4 Å². The molecule has 0 aliphatic carbocycles. The quantitative estimate of drug-likeness (QED) is 0.0199. The third-order valence-corrected chi connectivity index (χ3v) is 20.2. The number of amides is 1. The van der Waals surface area contributed by atoms with Crippen molar-refractivity contribution < 1.29 is 89.4 Å². The minimum atomic E-state index is -1.97. The van der Waals surface area contributed by atoms with Crippen molar-refractivity contribution in [2.45, 2.75) is 433 Å². The Hall–Kier alpha value is -1.99. The molecule has 19 heteroatoms. The molecule has 576 valence electrons. The molecule has 17 unspecified atom stereocenters. The first-order valence-electron chi connectivity index (χ1n) is 40.2. The predicted octanol–water partition coefficient (Wildman–Crippen LogP) is 13.1. The summed E-state index contributed by atoms with van der Waals surface area (Å²) < 4.78 is 34.5. The van der Waals surface area contributed by atoms with E-state index in [1.165, 1.54) is 238 Å². The van der Waals surface area contributed by atoms with Crippen molar-refractivity contribution in [1.29, 1.82) is 0 Å². The molecule has 19 nitrogen and oxygen atoms in total. The monoisotopic (exact) mass is 1400 g/mol. The first kappa shape index (κ1) is 90.2. The molecule has 3 fully saturated rings. The van der Waals surface area contributed by atoms with E-state index in [2.05, 4.69) is 55.6 Å². The van der Waals surface area contributed by atoms with Crippen LogP contribution in [-0.4, -0.2) is 193 Å². The predicted molar refractivity (Wildman–Crippen MR) is 388 cm³/mol. The van der Waals surface area contributed by atoms with Crippen LogP contribution >= 0.6 is 0 Å². The molecule has 0 saturated carbocycles. The normalized spacial score (nSPS) is 26.9. The molecule has 12 N–H and O–H groups in total. The van der Waals surface area contributed by atoms with Crippen molar-refractivity contribution in [2.24, 2.45) is 0 Å². The Morgan fingerprint density at radius 3 is 1.05 bits per heavy atom. The van der Waals surface area contributed by atoms with Gasteiger partial charge in [0.2, 0.25) is 5.91 Å². The Labute approximate surface area is 593 Å². The first-order chi connectivity index (χ1) is 47.8. The summed E-state index contributed by atoms with van der Waals surface area (Å²) in [4.78, 5) is 13.5. The Morgan fingerprint density at radius 1 is 0.367 bits per heavy atom. The molecular weight excluding hydrogens is 1250 g/mol. The van der Waals surface area contributed by atoms with Gasteiger partial charge >= 0.3 is 0 Å². The van der Waals surface area contributed by atoms with Crippen molar-refractivity contribution in [3.8, 4) is 0 Å². The van der Waals surface area contributed by atoms with Crippen LogP contribution in [0.25, 0.3) is 0 Å². The van der Waals surface area contributed by atoms with Gasteiger partial charge in [0.15, 0.2) is 18.9 Å². The highest BCUT2D eigenvalue weighted by Gasteiger charge is 2.54. The second-order valence-electron chi connectivity index (χ2n) is 28.9. The van der Waals surface area contributed by atoms with Gasteiger partial charge in [0.1, 0.15) is 73.2 Å². The Morgan fingerprint density at radius 2 is 0.673 bits per heavy atom. The van der Waals surface area contributed by atoms with Crippen molar-refractivity contribution in [2.75, 3.05) is 26.4 Å². The van der Waals surface area contributed by atoms with Crippen LogP contribution in [0.4, 0.5) is 0 Å². The van der Waals surface area contributed by atoms with E-state index in [-0.39, 0.29) is 18.9 Å². The van der Waals surface area contributed by atoms with Crippen LogP contribution in [0.15, 0.2) is 36.5 Å². The van der Waals surface area contributed by atoms with Crippen molar-refractivity contribution in [1.82, 2.24) is 5.32 Å². The standard InChI is InChI=1S/C79H147NO18/c1-3-5-7-9-11-13-15-17-19-21-23-24-25-26-27-28-29-30-31-32-33-34-35-36-37-38-39-41-43-45-47-49-51-53-55-57-67(85)80-62(63(84)56-54-52-50-48-46-44-42-40-22-20-18-16-14-12-10-8-6-4-2)61-93-77-73(91)70(88)75(65(59-82)95-77)98-79-74(92)71(89)76(66(60-83)96-79)97-78-72(90)69(87)68(86)64(58-81)94-78/h15,17,21,23,25-26,62-66,68-79,81-84,86-92H,3-14,16,18-20,22,24,27-61H2,1-2H3,(H,80,85)/b17-15-,23-21-,26-25-. The van der Waals surface area contributed by atoms with Gasteiger partial charge in [0.05, 0.1) is 38.6 Å². The van der Waals surface area contributed by atoms with E-state index in [9.17, 15) is 61.0 Å². The molecular formula is C79H147NO18. The number of aliphatic hydroxyl groups excluding tert-OH is 11. The smallest absolute Gasteiger partial charge is 0.220 e. The SMILES string of the molecule is CCCCCCC/C=C\C/C=C\C/C=C\CCCCCCCCCCCCCCCCCCCCCCC(=O)NC(COC1OC(CO)C(OC2OC(CO)C(OC3OC(CO)C(O)C(O)C3O)C(O)C2O)C(O)C1O)C(O)CCCCCCCCCCCCCCCCCCCC. The molecule has 3 aliphatic rings. The number of hydrogen-bond acceptors (Lipinski definition) is 18. The van der Waals surface area contributed by atoms with Crippen LogP contribution in [0.5, 0.6) is 0 Å². The van der Waals surface area contributed by atoms with Gasteiger partial charge in [-0.2, -0.15) is 0 Å². The highest BCUT2D eigenvalue weighted by Crippen LogP contribution is 2.33. The lowest BCUT2D eigenvalue weighted by Crippen LogP contribution is -2.66. The lowest BCUT2D eigenvalue weighted by molar-refractivity contribution is -0.379. The minimum Gasteiger partial charge on any atom is -0.394 e. The number of allylic oxidation sites excluding steroid dienone is 6. The Bertz CT molecular complexity index is 1910. The fourth-order valence-electron chi connectivity index (χ4n) is 13.7. The highest BCUT2D eigenvalue weighted by molar-refractivity contribution is 5.76. The molecule has 17 atom stereocenters. The number of aliphatic hydroxyl groups is 11. The van der Waals surface area contributed by atoms with Gasteiger partial charge in [-0.05, 0) is 51.4 Å². The summed E-state index contributed by atoms with van der Waals surface area (Å²) >= 11 is 0. The topological polar surface area (TPSA) is 307 Å². The highest BCUT2D eigenvalue weighted by atomic mass is 16.8. The van der Waals surface area contributed by atoms with E-state index in [1.807, 2.05) is 0 Å². The zero-order valence-corrected chi connectivity index (χ0v) is 61.5. The summed E-state index contributed by atoms with van der Waals surface area (Å²) in [6.07, 6.45) is 46.7. The second-order valence-corrected chi connectivity index (χ2v) is 28.9. The molecule has 0 aromatic heterocycles. The molecule has 3 saturated heterocycles. The Kier molecular flexibility index (Phi) is 55.5. The van der Waals surface area contributed by atoms with E-state index in [0.717, 1.165) is 57.8 Å². The van der Waals surface area contributed by atoms with Crippen LogP contribution in [0, 0.1) is 0 Å². The van der Waals surface area contributed by atoms with Gasteiger partial charge in [-0.1, -0.05) is 307 Å². The maximum Gasteiger partial charge on any atom is 0.220 e. The summed E-state index contributed by atoms with van der Waals surface area (Å²) in [5.41, 5.74) is 0. The largest absolute Gasteiger partial charge is 0.394 e. The van der Waals surface area contributed by atoms with Gasteiger partial charge in [0, 0.05) is 6.42 Å². The molecule has 0 bridgehead atoms. The summed E-state index contributed by atoms with van der Waals surface area (Å²) in [5, 5.41) is 121. The number of unbranched alkanes of at least 4 members (excludes halogenated alkanes) is 42. The maximum atomic E-state index is 13.5. The van der Waals surface area contributed by atoms with E-state index in [0.29, 0.717) is 12.8 Å². The molecule has 3 aliphatic heterocycles. The fourth-order valence-corrected chi connectivity index (χ4v) is 13.7. The molecule has 0 radical (unpaired) electrons. The summed E-state index contributed by atoms with van der Waals surface area (Å²) in [5.74, 6) is -0.237. The average Bonchev–Trinajstić information content (AvgIpc) is 0.785. The molecule has 3 heterocycles.